The number of aliphatic carboxylic acids is 1. The number of hydrogen-bond acceptors (Lipinski definition) is 1. The fourth-order valence-corrected chi connectivity index (χ4v) is 3.91. The third kappa shape index (κ3) is 2.36. The van der Waals surface area contributed by atoms with Crippen LogP contribution in [-0.4, -0.2) is 17.6 Å². The van der Waals surface area contributed by atoms with E-state index < -0.39 is 14.5 Å². The molecule has 4 unspecified atom stereocenters. The Morgan fingerprint density at radius 2 is 2.14 bits per heavy atom. The van der Waals surface area contributed by atoms with Crippen LogP contribution >= 0.6 is 61.1 Å². The number of alkyl halides is 4. The van der Waals surface area contributed by atoms with Gasteiger partial charge in [0.05, 0.1) is 9.84 Å². The van der Waals surface area contributed by atoms with Crippen LogP contribution in [0.4, 0.5) is 4.39 Å². The number of hydrogen-bond donors (Lipinski definition) is 1. The maximum Gasteiger partial charge on any atom is 0.307 e. The molecule has 0 bridgehead atoms. The Morgan fingerprint density at radius 1 is 1.71 bits per heavy atom. The first-order valence-corrected chi connectivity index (χ1v) is 7.15. The van der Waals surface area contributed by atoms with Crippen molar-refractivity contribution in [2.75, 3.05) is 0 Å². The number of carboxylic acid groups (broad SMARTS) is 1. The zero-order valence-electron chi connectivity index (χ0n) is 7.60. The first kappa shape index (κ1) is 13.4. The molecule has 1 saturated carbocycles. The van der Waals surface area contributed by atoms with Crippen molar-refractivity contribution in [2.24, 2.45) is 17.3 Å². The highest BCUT2D eigenvalue weighted by molar-refractivity contribution is 14.1. The highest BCUT2D eigenvalue weighted by Gasteiger charge is 2.67. The number of rotatable bonds is 3. The van der Waals surface area contributed by atoms with Gasteiger partial charge in [-0.15, -0.1) is 0 Å². The smallest absolute Gasteiger partial charge is 0.307 e. The molecule has 82 valence electrons. The van der Waals surface area contributed by atoms with Crippen molar-refractivity contribution in [1.29, 1.82) is 0 Å². The SMILES string of the molecule is CC1(C)C(C(=O)O)C1C(I)C(F)(Br)I. The molecule has 2 nitrogen and oxygen atoms in total. The predicted octanol–water partition coefficient (Wildman–Crippen LogP) is 3.60. The lowest BCUT2D eigenvalue weighted by molar-refractivity contribution is -0.139. The summed E-state index contributed by atoms with van der Waals surface area (Å²) in [5.74, 6) is -1.36. The molecule has 1 fully saturated rings. The number of carboxylic acids is 1. The van der Waals surface area contributed by atoms with E-state index in [1.165, 1.54) is 0 Å². The summed E-state index contributed by atoms with van der Waals surface area (Å²) in [4.78, 5) is 10.9. The van der Waals surface area contributed by atoms with Gasteiger partial charge in [0.2, 0.25) is 2.58 Å². The van der Waals surface area contributed by atoms with Crippen LogP contribution in [0.15, 0.2) is 0 Å². The van der Waals surface area contributed by atoms with Crippen LogP contribution in [0.1, 0.15) is 13.8 Å². The average molecular weight is 491 g/mol. The van der Waals surface area contributed by atoms with Gasteiger partial charge in [-0.2, -0.15) is 0 Å². The van der Waals surface area contributed by atoms with Crippen LogP contribution in [0.3, 0.4) is 0 Å². The molecule has 1 aliphatic rings. The van der Waals surface area contributed by atoms with Gasteiger partial charge in [-0.05, 0) is 49.9 Å². The van der Waals surface area contributed by atoms with Gasteiger partial charge in [0.15, 0.2) is 0 Å². The molecule has 0 aromatic rings. The summed E-state index contributed by atoms with van der Waals surface area (Å²) in [7, 11) is 0. The molecule has 0 heterocycles. The molecular weight excluding hydrogens is 481 g/mol. The van der Waals surface area contributed by atoms with Crippen LogP contribution in [0.2, 0.25) is 0 Å². The summed E-state index contributed by atoms with van der Waals surface area (Å²) in [6, 6.07) is 0. The van der Waals surface area contributed by atoms with Crippen LogP contribution < -0.4 is 0 Å². The second-order valence-electron chi connectivity index (χ2n) is 4.11. The average Bonchev–Trinajstić information content (AvgIpc) is 2.49. The molecular formula is C8H10BrFI2O2. The molecule has 1 N–H and O–H groups in total. The van der Waals surface area contributed by atoms with Crippen molar-refractivity contribution in [2.45, 2.75) is 20.4 Å². The standard InChI is InChI=1S/C8H10BrFI2O2/c1-7(2)3(4(7)6(13)14)5(11)8(9,10)12/h3-5H,1-2H3,(H,13,14). The fraction of sp³-hybridized carbons (Fsp3) is 0.875. The molecule has 0 saturated heterocycles. The first-order valence-electron chi connectivity index (χ1n) is 4.03. The number of carbonyl (C=O) groups is 1. The summed E-state index contributed by atoms with van der Waals surface area (Å²) in [5, 5.41) is 8.93. The van der Waals surface area contributed by atoms with Crippen LogP contribution in [0, 0.1) is 17.3 Å². The van der Waals surface area contributed by atoms with Crippen molar-refractivity contribution in [3.63, 3.8) is 0 Å². The van der Waals surface area contributed by atoms with E-state index in [9.17, 15) is 9.18 Å². The highest BCUT2D eigenvalue weighted by atomic mass is 127. The lowest BCUT2D eigenvalue weighted by atomic mass is 10.1. The topological polar surface area (TPSA) is 37.3 Å². The Morgan fingerprint density at radius 3 is 2.36 bits per heavy atom. The van der Waals surface area contributed by atoms with E-state index in [2.05, 4.69) is 15.9 Å². The molecule has 0 amide bonds. The quantitative estimate of drug-likeness (QED) is 0.485. The summed E-state index contributed by atoms with van der Waals surface area (Å²) in [5.41, 5.74) is -0.298. The minimum Gasteiger partial charge on any atom is -0.481 e. The zero-order valence-corrected chi connectivity index (χ0v) is 13.5. The van der Waals surface area contributed by atoms with Crippen LogP contribution in [-0.2, 0) is 4.79 Å². The third-order valence-corrected chi connectivity index (χ3v) is 7.65. The van der Waals surface area contributed by atoms with E-state index >= 15 is 0 Å². The Bertz CT molecular complexity index is 265. The van der Waals surface area contributed by atoms with E-state index in [-0.39, 0.29) is 15.3 Å². The van der Waals surface area contributed by atoms with E-state index in [4.69, 9.17) is 5.11 Å². The van der Waals surface area contributed by atoms with Crippen molar-refractivity contribution in [3.05, 3.63) is 0 Å². The van der Waals surface area contributed by atoms with Gasteiger partial charge < -0.3 is 5.11 Å². The number of halogens is 4. The molecule has 6 heteroatoms. The van der Waals surface area contributed by atoms with Crippen molar-refractivity contribution in [3.8, 4) is 0 Å². The molecule has 4 atom stereocenters. The molecule has 0 radical (unpaired) electrons. The van der Waals surface area contributed by atoms with Crippen molar-refractivity contribution < 1.29 is 14.3 Å². The molecule has 14 heavy (non-hydrogen) atoms. The molecule has 1 aliphatic carbocycles. The van der Waals surface area contributed by atoms with Crippen molar-refractivity contribution in [1.82, 2.24) is 0 Å². The fourth-order valence-electron chi connectivity index (χ4n) is 1.90. The second-order valence-corrected chi connectivity index (χ2v) is 9.65. The Labute approximate surface area is 118 Å². The van der Waals surface area contributed by atoms with Gasteiger partial charge in [-0.3, -0.25) is 4.79 Å². The largest absolute Gasteiger partial charge is 0.481 e. The lowest BCUT2D eigenvalue weighted by Crippen LogP contribution is -2.23. The Hall–Kier alpha value is 1.34. The normalized spacial score (nSPS) is 35.9. The summed E-state index contributed by atoms with van der Waals surface area (Å²) >= 11 is 6.57. The van der Waals surface area contributed by atoms with Gasteiger partial charge in [-0.25, -0.2) is 4.39 Å². The predicted molar refractivity (Wildman–Crippen MR) is 73.0 cm³/mol. The van der Waals surface area contributed by atoms with E-state index in [1.54, 1.807) is 22.6 Å². The lowest BCUT2D eigenvalue weighted by Gasteiger charge is -2.18. The molecule has 0 aromatic heterocycles. The van der Waals surface area contributed by atoms with Crippen LogP contribution in [0.5, 0.6) is 0 Å². The summed E-state index contributed by atoms with van der Waals surface area (Å²) < 4.78 is 11.7. The summed E-state index contributed by atoms with van der Waals surface area (Å²) in [6.07, 6.45) is 0. The van der Waals surface area contributed by atoms with Crippen molar-refractivity contribution >= 4 is 67.1 Å². The zero-order chi connectivity index (χ0) is 11.3. The van der Waals surface area contributed by atoms with E-state index in [0.29, 0.717) is 0 Å². The monoisotopic (exact) mass is 490 g/mol. The third-order valence-electron chi connectivity index (χ3n) is 2.80. The molecule has 0 aliphatic heterocycles. The van der Waals surface area contributed by atoms with Gasteiger partial charge in [0, 0.05) is 0 Å². The Kier molecular flexibility index (Phi) is 3.81. The van der Waals surface area contributed by atoms with E-state index in [1.807, 2.05) is 36.4 Å². The molecule has 1 rings (SSSR count). The highest BCUT2D eigenvalue weighted by Crippen LogP contribution is 2.65. The second kappa shape index (κ2) is 3.97. The maximum absolute atomic E-state index is 13.6. The molecule has 0 spiro atoms. The van der Waals surface area contributed by atoms with E-state index in [0.717, 1.165) is 0 Å². The Balaban J connectivity index is 2.79. The maximum atomic E-state index is 13.6. The molecule has 0 aromatic carbocycles. The summed E-state index contributed by atoms with van der Waals surface area (Å²) in [6.45, 7) is 3.75. The van der Waals surface area contributed by atoms with Gasteiger partial charge in [0.1, 0.15) is 0 Å². The van der Waals surface area contributed by atoms with Gasteiger partial charge in [-0.1, -0.05) is 36.4 Å². The van der Waals surface area contributed by atoms with Gasteiger partial charge in [0.25, 0.3) is 0 Å². The minimum atomic E-state index is -1.53. The van der Waals surface area contributed by atoms with Gasteiger partial charge >= 0.3 is 5.97 Å². The minimum absolute atomic E-state index is 0.109. The van der Waals surface area contributed by atoms with Crippen LogP contribution in [0.25, 0.3) is 0 Å². The first-order chi connectivity index (χ1) is 6.10.